The van der Waals surface area contributed by atoms with Gasteiger partial charge < -0.3 is 10.1 Å². The van der Waals surface area contributed by atoms with E-state index in [4.69, 9.17) is 5.11 Å². The fourth-order valence-corrected chi connectivity index (χ4v) is 2.33. The van der Waals surface area contributed by atoms with Crippen molar-refractivity contribution in [3.8, 4) is 0 Å². The highest BCUT2D eigenvalue weighted by Gasteiger charge is 2.08. The number of aromatic amines is 1. The third-order valence-corrected chi connectivity index (χ3v) is 3.41. The van der Waals surface area contributed by atoms with Crippen LogP contribution in [0.5, 0.6) is 0 Å². The Bertz CT molecular complexity index is 895. The summed E-state index contributed by atoms with van der Waals surface area (Å²) < 4.78 is 0. The summed E-state index contributed by atoms with van der Waals surface area (Å²) in [5.41, 5.74) is 3.09. The largest absolute Gasteiger partial charge is 0.478 e. The van der Waals surface area contributed by atoms with E-state index in [1.165, 1.54) is 0 Å². The number of nitrogens with zero attached hydrogens (tertiary/aromatic N) is 1. The van der Waals surface area contributed by atoms with Gasteiger partial charge in [0.15, 0.2) is 5.78 Å². The van der Waals surface area contributed by atoms with Crippen LogP contribution in [0.3, 0.4) is 0 Å². The van der Waals surface area contributed by atoms with Crippen LogP contribution in [0, 0.1) is 0 Å². The number of H-pyrrole nitrogens is 1. The van der Waals surface area contributed by atoms with Crippen LogP contribution in [-0.2, 0) is 11.2 Å². The molecule has 23 heavy (non-hydrogen) atoms. The number of nitrogens with one attached hydrogen (secondary N) is 1. The summed E-state index contributed by atoms with van der Waals surface area (Å²) in [6, 6.07) is 15.0. The molecule has 114 valence electrons. The van der Waals surface area contributed by atoms with E-state index in [-0.39, 0.29) is 5.78 Å². The summed E-state index contributed by atoms with van der Waals surface area (Å²) in [6.07, 6.45) is 2.56. The van der Waals surface area contributed by atoms with Crippen molar-refractivity contribution in [3.63, 3.8) is 0 Å². The highest BCUT2D eigenvalue weighted by Crippen LogP contribution is 2.16. The minimum Gasteiger partial charge on any atom is -0.478 e. The van der Waals surface area contributed by atoms with Crippen LogP contribution in [0.1, 0.15) is 21.7 Å². The number of carboxylic acids is 1. The van der Waals surface area contributed by atoms with Crippen molar-refractivity contribution in [1.29, 1.82) is 0 Å². The number of benzene rings is 2. The number of aliphatic carboxylic acids is 1. The van der Waals surface area contributed by atoms with Crippen LogP contribution >= 0.6 is 0 Å². The summed E-state index contributed by atoms with van der Waals surface area (Å²) in [4.78, 5) is 30.1. The third-order valence-electron chi connectivity index (χ3n) is 3.41. The van der Waals surface area contributed by atoms with Crippen molar-refractivity contribution in [1.82, 2.24) is 9.97 Å². The molecule has 0 amide bonds. The van der Waals surface area contributed by atoms with Gasteiger partial charge in [-0.1, -0.05) is 30.3 Å². The quantitative estimate of drug-likeness (QED) is 0.561. The second kappa shape index (κ2) is 6.27. The molecule has 0 radical (unpaired) electrons. The highest BCUT2D eigenvalue weighted by atomic mass is 16.4. The van der Waals surface area contributed by atoms with Gasteiger partial charge in [0.05, 0.1) is 11.0 Å². The highest BCUT2D eigenvalue weighted by molar-refractivity contribution is 6.08. The molecule has 0 atom stereocenters. The molecular formula is C18H14N2O3. The third kappa shape index (κ3) is 3.52. The summed E-state index contributed by atoms with van der Waals surface area (Å²) >= 11 is 0. The zero-order valence-corrected chi connectivity index (χ0v) is 12.2. The number of ketones is 1. The van der Waals surface area contributed by atoms with Crippen LogP contribution in [0.2, 0.25) is 0 Å². The molecule has 0 bridgehead atoms. The number of allylic oxidation sites excluding steroid dienone is 1. The van der Waals surface area contributed by atoms with Crippen molar-refractivity contribution in [2.24, 2.45) is 0 Å². The number of fused-ring (bicyclic) bond motifs is 1. The van der Waals surface area contributed by atoms with Crippen LogP contribution in [0.25, 0.3) is 11.0 Å². The lowest BCUT2D eigenvalue weighted by Gasteiger charge is -1.96. The number of hydrogen-bond donors (Lipinski definition) is 2. The first-order valence-corrected chi connectivity index (χ1v) is 7.10. The Kier molecular flexibility index (Phi) is 4.01. The van der Waals surface area contributed by atoms with Gasteiger partial charge >= 0.3 is 5.97 Å². The molecule has 5 nitrogen and oxygen atoms in total. The lowest BCUT2D eigenvalue weighted by molar-refractivity contribution is -0.131. The predicted molar refractivity (Wildman–Crippen MR) is 86.4 cm³/mol. The average molecular weight is 306 g/mol. The number of imidazole rings is 1. The Morgan fingerprint density at radius 1 is 1.09 bits per heavy atom. The van der Waals surface area contributed by atoms with Crippen molar-refractivity contribution in [2.75, 3.05) is 0 Å². The van der Waals surface area contributed by atoms with Gasteiger partial charge in [0.1, 0.15) is 5.82 Å². The molecule has 0 saturated heterocycles. The zero-order chi connectivity index (χ0) is 16.2. The van der Waals surface area contributed by atoms with Gasteiger partial charge in [0.25, 0.3) is 0 Å². The van der Waals surface area contributed by atoms with E-state index in [0.29, 0.717) is 12.0 Å². The molecule has 3 aromatic rings. The maximum atomic E-state index is 11.9. The molecule has 5 heteroatoms. The van der Waals surface area contributed by atoms with E-state index in [0.717, 1.165) is 34.6 Å². The molecule has 0 aliphatic rings. The van der Waals surface area contributed by atoms with Gasteiger partial charge in [0.2, 0.25) is 0 Å². The summed E-state index contributed by atoms with van der Waals surface area (Å²) in [6.45, 7) is 0. The van der Waals surface area contributed by atoms with Crippen LogP contribution in [0.4, 0.5) is 0 Å². The Hall–Kier alpha value is -3.21. The van der Waals surface area contributed by atoms with Crippen LogP contribution in [-0.4, -0.2) is 26.8 Å². The molecular weight excluding hydrogens is 292 g/mol. The number of carbonyl (C=O) groups excluding carboxylic acids is 1. The van der Waals surface area contributed by atoms with Gasteiger partial charge in [-0.05, 0) is 29.8 Å². The van der Waals surface area contributed by atoms with Crippen molar-refractivity contribution < 1.29 is 14.7 Å². The monoisotopic (exact) mass is 306 g/mol. The average Bonchev–Trinajstić information content (AvgIpc) is 2.94. The van der Waals surface area contributed by atoms with E-state index in [1.54, 1.807) is 18.2 Å². The summed E-state index contributed by atoms with van der Waals surface area (Å²) in [5, 5.41) is 8.57. The molecule has 0 saturated carbocycles. The topological polar surface area (TPSA) is 83.0 Å². The van der Waals surface area contributed by atoms with Gasteiger partial charge in [0, 0.05) is 18.1 Å². The van der Waals surface area contributed by atoms with Gasteiger partial charge in [-0.25, -0.2) is 9.78 Å². The van der Waals surface area contributed by atoms with Crippen molar-refractivity contribution in [3.05, 3.63) is 77.6 Å². The smallest absolute Gasteiger partial charge is 0.328 e. The Balaban J connectivity index is 1.86. The maximum Gasteiger partial charge on any atom is 0.328 e. The Labute approximate surface area is 132 Å². The standard InChI is InChI=1S/C18H14N2O3/c21-16(8-9-18(22)23)13-6-7-14-15(11-13)20-17(19-14)10-12-4-2-1-3-5-12/h1-9,11H,10H2,(H,19,20)(H,22,23)/b9-8+. The van der Waals surface area contributed by atoms with Crippen molar-refractivity contribution in [2.45, 2.75) is 6.42 Å². The van der Waals surface area contributed by atoms with Crippen LogP contribution in [0.15, 0.2) is 60.7 Å². The summed E-state index contributed by atoms with van der Waals surface area (Å²) in [7, 11) is 0. The SMILES string of the molecule is O=C(O)/C=C/C(=O)c1ccc2nc(Cc3ccccc3)[nH]c2c1. The first-order chi connectivity index (χ1) is 11.1. The number of aromatic nitrogens is 2. The fourth-order valence-electron chi connectivity index (χ4n) is 2.33. The molecule has 1 aromatic heterocycles. The summed E-state index contributed by atoms with van der Waals surface area (Å²) in [5.74, 6) is -0.684. The molecule has 2 N–H and O–H groups in total. The molecule has 0 fully saturated rings. The van der Waals surface area contributed by atoms with E-state index >= 15 is 0 Å². The number of rotatable bonds is 5. The Morgan fingerprint density at radius 3 is 2.61 bits per heavy atom. The molecule has 0 unspecified atom stereocenters. The van der Waals surface area contributed by atoms with Crippen molar-refractivity contribution >= 4 is 22.8 Å². The number of carbonyl (C=O) groups is 2. The first kappa shape index (κ1) is 14.7. The molecule has 0 aliphatic heterocycles. The first-order valence-electron chi connectivity index (χ1n) is 7.10. The zero-order valence-electron chi connectivity index (χ0n) is 12.2. The fraction of sp³-hybridized carbons (Fsp3) is 0.0556. The minimum atomic E-state index is -1.15. The predicted octanol–water partition coefficient (Wildman–Crippen LogP) is 2.98. The number of carboxylic acid groups (broad SMARTS) is 1. The molecule has 0 spiro atoms. The van der Waals surface area contributed by atoms with E-state index in [9.17, 15) is 9.59 Å². The van der Waals surface area contributed by atoms with E-state index in [1.807, 2.05) is 30.3 Å². The lowest BCUT2D eigenvalue weighted by atomic mass is 10.1. The molecule has 3 rings (SSSR count). The number of hydrogen-bond acceptors (Lipinski definition) is 3. The van der Waals surface area contributed by atoms with Gasteiger partial charge in [-0.2, -0.15) is 0 Å². The molecule has 0 aliphatic carbocycles. The second-order valence-electron chi connectivity index (χ2n) is 5.11. The van der Waals surface area contributed by atoms with Gasteiger partial charge in [-0.15, -0.1) is 0 Å². The minimum absolute atomic E-state index is 0.353. The normalized spacial score (nSPS) is 11.1. The Morgan fingerprint density at radius 2 is 1.87 bits per heavy atom. The molecule has 2 aromatic carbocycles. The van der Waals surface area contributed by atoms with E-state index < -0.39 is 5.97 Å². The second-order valence-corrected chi connectivity index (χ2v) is 5.11. The molecule has 1 heterocycles. The van der Waals surface area contributed by atoms with E-state index in [2.05, 4.69) is 9.97 Å². The maximum absolute atomic E-state index is 11.9. The van der Waals surface area contributed by atoms with Gasteiger partial charge in [-0.3, -0.25) is 4.79 Å². The lowest BCUT2D eigenvalue weighted by Crippen LogP contribution is -1.96. The van der Waals surface area contributed by atoms with Crippen LogP contribution < -0.4 is 0 Å².